The van der Waals surface area contributed by atoms with Gasteiger partial charge in [-0.2, -0.15) is 0 Å². The van der Waals surface area contributed by atoms with Crippen molar-refractivity contribution in [3.8, 4) is 11.5 Å². The second-order valence-corrected chi connectivity index (χ2v) is 4.66. The normalized spacial score (nSPS) is 15.3. The van der Waals surface area contributed by atoms with Crippen LogP contribution < -0.4 is 14.8 Å². The minimum Gasteiger partial charge on any atom is -0.490 e. The van der Waals surface area contributed by atoms with Gasteiger partial charge in [-0.25, -0.2) is 0 Å². The lowest BCUT2D eigenvalue weighted by Crippen LogP contribution is -2.27. The van der Waals surface area contributed by atoms with Crippen LogP contribution in [0, 0.1) is 0 Å². The third-order valence-corrected chi connectivity index (χ3v) is 3.13. The van der Waals surface area contributed by atoms with Crippen molar-refractivity contribution in [3.63, 3.8) is 0 Å². The molecule has 0 fully saturated rings. The lowest BCUT2D eigenvalue weighted by Gasteiger charge is -2.16. The third kappa shape index (κ3) is 3.87. The molecule has 0 saturated carbocycles. The van der Waals surface area contributed by atoms with Gasteiger partial charge in [0, 0.05) is 12.5 Å². The zero-order valence-corrected chi connectivity index (χ0v) is 12.0. The van der Waals surface area contributed by atoms with Gasteiger partial charge in [-0.3, -0.25) is 4.79 Å². The average molecular weight is 279 g/mol. The van der Waals surface area contributed by atoms with Crippen LogP contribution in [0.1, 0.15) is 31.9 Å². The Labute approximate surface area is 119 Å². The van der Waals surface area contributed by atoms with Crippen molar-refractivity contribution in [1.82, 2.24) is 5.32 Å². The molecule has 0 radical (unpaired) electrons. The molecule has 5 heteroatoms. The summed E-state index contributed by atoms with van der Waals surface area (Å²) in [7, 11) is 0. The van der Waals surface area contributed by atoms with Gasteiger partial charge in [0.25, 0.3) is 0 Å². The Morgan fingerprint density at radius 2 is 2.10 bits per heavy atom. The number of hydrogen-bond donors (Lipinski definition) is 1. The van der Waals surface area contributed by atoms with Crippen molar-refractivity contribution in [3.05, 3.63) is 23.8 Å². The fraction of sp³-hybridized carbons (Fsp3) is 0.533. The van der Waals surface area contributed by atoms with E-state index in [1.54, 1.807) is 6.92 Å². The van der Waals surface area contributed by atoms with E-state index in [1.807, 2.05) is 25.1 Å². The summed E-state index contributed by atoms with van der Waals surface area (Å²) in [6.07, 6.45) is 0.890. The van der Waals surface area contributed by atoms with Gasteiger partial charge in [0.2, 0.25) is 0 Å². The molecule has 0 aliphatic carbocycles. The molecule has 1 aliphatic heterocycles. The van der Waals surface area contributed by atoms with Gasteiger partial charge < -0.3 is 19.5 Å². The van der Waals surface area contributed by atoms with E-state index < -0.39 is 0 Å². The van der Waals surface area contributed by atoms with Crippen molar-refractivity contribution in [2.24, 2.45) is 0 Å². The van der Waals surface area contributed by atoms with Gasteiger partial charge in [0.05, 0.1) is 26.4 Å². The number of carbonyl (C=O) groups is 1. The molecule has 1 aliphatic rings. The molecule has 110 valence electrons. The summed E-state index contributed by atoms with van der Waals surface area (Å²) in [6.45, 7) is 5.75. The fourth-order valence-electron chi connectivity index (χ4n) is 2.02. The summed E-state index contributed by atoms with van der Waals surface area (Å²) in [6, 6.07) is 5.90. The van der Waals surface area contributed by atoms with E-state index in [2.05, 4.69) is 5.32 Å². The standard InChI is InChI=1S/C15H21NO4/c1-3-18-15(17)10-16-11(2)12-5-6-13-14(9-12)20-8-4-7-19-13/h5-6,9,11,16H,3-4,7-8,10H2,1-2H3. The lowest BCUT2D eigenvalue weighted by molar-refractivity contribution is -0.142. The Balaban J connectivity index is 1.98. The highest BCUT2D eigenvalue weighted by Crippen LogP contribution is 2.32. The van der Waals surface area contributed by atoms with Gasteiger partial charge in [-0.05, 0) is 31.5 Å². The second kappa shape index (κ2) is 7.14. The summed E-state index contributed by atoms with van der Waals surface area (Å²) in [5.41, 5.74) is 1.05. The molecule has 1 atom stereocenters. The third-order valence-electron chi connectivity index (χ3n) is 3.13. The summed E-state index contributed by atoms with van der Waals surface area (Å²) >= 11 is 0. The first-order valence-electron chi connectivity index (χ1n) is 6.99. The van der Waals surface area contributed by atoms with Gasteiger partial charge in [-0.1, -0.05) is 6.07 Å². The molecule has 0 amide bonds. The molecule has 1 heterocycles. The second-order valence-electron chi connectivity index (χ2n) is 4.66. The zero-order valence-electron chi connectivity index (χ0n) is 12.0. The minimum atomic E-state index is -0.242. The highest BCUT2D eigenvalue weighted by molar-refractivity contribution is 5.71. The maximum atomic E-state index is 11.3. The summed E-state index contributed by atoms with van der Waals surface area (Å²) in [5.74, 6) is 1.31. The number of nitrogens with one attached hydrogen (secondary N) is 1. The molecule has 20 heavy (non-hydrogen) atoms. The van der Waals surface area contributed by atoms with E-state index in [0.717, 1.165) is 23.5 Å². The molecule has 0 aromatic heterocycles. The largest absolute Gasteiger partial charge is 0.490 e. The molecule has 5 nitrogen and oxygen atoms in total. The summed E-state index contributed by atoms with van der Waals surface area (Å²) < 4.78 is 16.1. The van der Waals surface area contributed by atoms with Gasteiger partial charge in [0.1, 0.15) is 0 Å². The van der Waals surface area contributed by atoms with Crippen molar-refractivity contribution in [2.75, 3.05) is 26.4 Å². The van der Waals surface area contributed by atoms with Crippen LogP contribution in [0.3, 0.4) is 0 Å². The van der Waals surface area contributed by atoms with Crippen LogP contribution in [0.25, 0.3) is 0 Å². The molecule has 2 rings (SSSR count). The van der Waals surface area contributed by atoms with Crippen molar-refractivity contribution in [1.29, 1.82) is 0 Å². The highest BCUT2D eigenvalue weighted by atomic mass is 16.5. The Morgan fingerprint density at radius 1 is 1.35 bits per heavy atom. The van der Waals surface area contributed by atoms with E-state index in [-0.39, 0.29) is 18.6 Å². The van der Waals surface area contributed by atoms with Crippen molar-refractivity contribution < 1.29 is 19.0 Å². The van der Waals surface area contributed by atoms with Gasteiger partial charge >= 0.3 is 5.97 Å². The van der Waals surface area contributed by atoms with Crippen LogP contribution in [0.2, 0.25) is 0 Å². The Kier molecular flexibility index (Phi) is 5.24. The maximum absolute atomic E-state index is 11.3. The Hall–Kier alpha value is -1.75. The molecule has 1 aromatic carbocycles. The Bertz CT molecular complexity index is 461. The fourth-order valence-corrected chi connectivity index (χ4v) is 2.02. The average Bonchev–Trinajstić information content (AvgIpc) is 2.69. The lowest BCUT2D eigenvalue weighted by atomic mass is 10.1. The summed E-state index contributed by atoms with van der Waals surface area (Å²) in [5, 5.41) is 3.14. The molecule has 0 bridgehead atoms. The van der Waals surface area contributed by atoms with Crippen molar-refractivity contribution >= 4 is 5.97 Å². The minimum absolute atomic E-state index is 0.0385. The van der Waals surface area contributed by atoms with Gasteiger partial charge in [0.15, 0.2) is 11.5 Å². The Morgan fingerprint density at radius 3 is 2.85 bits per heavy atom. The van der Waals surface area contributed by atoms with E-state index >= 15 is 0 Å². The van der Waals surface area contributed by atoms with E-state index in [0.29, 0.717) is 19.8 Å². The van der Waals surface area contributed by atoms with Gasteiger partial charge in [-0.15, -0.1) is 0 Å². The SMILES string of the molecule is CCOC(=O)CNC(C)c1ccc2c(c1)OCCCO2. The maximum Gasteiger partial charge on any atom is 0.319 e. The first kappa shape index (κ1) is 14.7. The molecular weight excluding hydrogens is 258 g/mol. The van der Waals surface area contributed by atoms with Crippen LogP contribution in [0.4, 0.5) is 0 Å². The van der Waals surface area contributed by atoms with Crippen LogP contribution in [0.5, 0.6) is 11.5 Å². The molecule has 0 saturated heterocycles. The van der Waals surface area contributed by atoms with E-state index in [4.69, 9.17) is 14.2 Å². The topological polar surface area (TPSA) is 56.8 Å². The molecule has 1 unspecified atom stereocenters. The quantitative estimate of drug-likeness (QED) is 0.836. The number of carbonyl (C=O) groups excluding carboxylic acids is 1. The smallest absolute Gasteiger partial charge is 0.319 e. The number of ether oxygens (including phenoxy) is 3. The van der Waals surface area contributed by atoms with Crippen LogP contribution in [-0.4, -0.2) is 32.3 Å². The molecule has 0 spiro atoms. The predicted molar refractivity (Wildman–Crippen MR) is 75.1 cm³/mol. The monoisotopic (exact) mass is 279 g/mol. The molecule has 1 aromatic rings. The number of esters is 1. The van der Waals surface area contributed by atoms with Crippen LogP contribution in [0.15, 0.2) is 18.2 Å². The van der Waals surface area contributed by atoms with E-state index in [1.165, 1.54) is 0 Å². The zero-order chi connectivity index (χ0) is 14.4. The number of benzene rings is 1. The first-order valence-corrected chi connectivity index (χ1v) is 6.99. The number of fused-ring (bicyclic) bond motifs is 1. The summed E-state index contributed by atoms with van der Waals surface area (Å²) in [4.78, 5) is 11.3. The van der Waals surface area contributed by atoms with E-state index in [9.17, 15) is 4.79 Å². The van der Waals surface area contributed by atoms with Crippen LogP contribution >= 0.6 is 0 Å². The number of hydrogen-bond acceptors (Lipinski definition) is 5. The highest BCUT2D eigenvalue weighted by Gasteiger charge is 2.14. The first-order chi connectivity index (χ1) is 9.70. The predicted octanol–water partition coefficient (Wildman–Crippen LogP) is 2.06. The van der Waals surface area contributed by atoms with Crippen LogP contribution in [-0.2, 0) is 9.53 Å². The van der Waals surface area contributed by atoms with Crippen molar-refractivity contribution in [2.45, 2.75) is 26.3 Å². The molecular formula is C15H21NO4. The molecule has 1 N–H and O–H groups in total. The number of rotatable bonds is 5.